The number of rotatable bonds is 5. The van der Waals surface area contributed by atoms with E-state index in [1.165, 1.54) is 7.11 Å². The molecule has 0 fully saturated rings. The summed E-state index contributed by atoms with van der Waals surface area (Å²) in [6.07, 6.45) is 1.60. The standard InChI is InChI=1S/C14H19N5O3/c1-5-18-7-11(13(17-18)14(21)22-4)15-12(20)8-19-10(3)6-9(2)16-19/h6-7H,5,8H2,1-4H3,(H,15,20). The topological polar surface area (TPSA) is 91.0 Å². The van der Waals surface area contributed by atoms with Crippen LogP contribution in [0.2, 0.25) is 0 Å². The van der Waals surface area contributed by atoms with Crippen molar-refractivity contribution in [3.63, 3.8) is 0 Å². The summed E-state index contributed by atoms with van der Waals surface area (Å²) in [5.74, 6) is -0.874. The minimum absolute atomic E-state index is 0.0671. The van der Waals surface area contributed by atoms with Crippen LogP contribution in [0.25, 0.3) is 0 Å². The third kappa shape index (κ3) is 3.33. The van der Waals surface area contributed by atoms with Crippen molar-refractivity contribution in [1.82, 2.24) is 19.6 Å². The molecule has 1 amide bonds. The van der Waals surface area contributed by atoms with Crippen LogP contribution >= 0.6 is 0 Å². The number of ether oxygens (including phenoxy) is 1. The molecule has 0 aromatic carbocycles. The van der Waals surface area contributed by atoms with Gasteiger partial charge in [0.05, 0.1) is 18.5 Å². The van der Waals surface area contributed by atoms with Gasteiger partial charge in [0, 0.05) is 18.4 Å². The van der Waals surface area contributed by atoms with E-state index in [0.29, 0.717) is 12.2 Å². The highest BCUT2D eigenvalue weighted by Gasteiger charge is 2.19. The minimum atomic E-state index is -0.589. The quantitative estimate of drug-likeness (QED) is 0.836. The van der Waals surface area contributed by atoms with Crippen LogP contribution in [0, 0.1) is 13.8 Å². The molecule has 8 nitrogen and oxygen atoms in total. The monoisotopic (exact) mass is 305 g/mol. The number of nitrogens with zero attached hydrogens (tertiary/aromatic N) is 4. The van der Waals surface area contributed by atoms with Crippen molar-refractivity contribution in [3.8, 4) is 0 Å². The van der Waals surface area contributed by atoms with Gasteiger partial charge < -0.3 is 10.1 Å². The molecule has 0 spiro atoms. The maximum Gasteiger partial charge on any atom is 0.360 e. The maximum atomic E-state index is 12.1. The van der Waals surface area contributed by atoms with Crippen molar-refractivity contribution in [2.45, 2.75) is 33.9 Å². The summed E-state index contributed by atoms with van der Waals surface area (Å²) in [4.78, 5) is 23.8. The lowest BCUT2D eigenvalue weighted by Gasteiger charge is -2.06. The van der Waals surface area contributed by atoms with Crippen LogP contribution in [-0.2, 0) is 22.6 Å². The van der Waals surface area contributed by atoms with Crippen LogP contribution in [0.3, 0.4) is 0 Å². The highest BCUT2D eigenvalue weighted by molar-refractivity contribution is 5.99. The molecule has 22 heavy (non-hydrogen) atoms. The van der Waals surface area contributed by atoms with E-state index in [9.17, 15) is 9.59 Å². The number of esters is 1. The van der Waals surface area contributed by atoms with E-state index in [2.05, 4.69) is 20.3 Å². The lowest BCUT2D eigenvalue weighted by molar-refractivity contribution is -0.116. The number of aromatic nitrogens is 4. The van der Waals surface area contributed by atoms with Crippen LogP contribution < -0.4 is 5.32 Å². The highest BCUT2D eigenvalue weighted by atomic mass is 16.5. The molecule has 2 rings (SSSR count). The average molecular weight is 305 g/mol. The summed E-state index contributed by atoms with van der Waals surface area (Å²) in [6.45, 7) is 6.27. The highest BCUT2D eigenvalue weighted by Crippen LogP contribution is 2.15. The van der Waals surface area contributed by atoms with Crippen molar-refractivity contribution >= 4 is 17.6 Å². The molecule has 0 saturated heterocycles. The van der Waals surface area contributed by atoms with Gasteiger partial charge in [0.15, 0.2) is 5.69 Å². The molecular formula is C14H19N5O3. The zero-order valence-electron chi connectivity index (χ0n) is 13.1. The normalized spacial score (nSPS) is 10.5. The van der Waals surface area contributed by atoms with Crippen LogP contribution in [0.1, 0.15) is 28.8 Å². The van der Waals surface area contributed by atoms with E-state index in [1.54, 1.807) is 15.6 Å². The third-order valence-corrected chi connectivity index (χ3v) is 3.14. The van der Waals surface area contributed by atoms with E-state index in [0.717, 1.165) is 11.4 Å². The molecule has 0 aliphatic carbocycles. The van der Waals surface area contributed by atoms with E-state index in [4.69, 9.17) is 0 Å². The molecule has 2 aromatic heterocycles. The van der Waals surface area contributed by atoms with Crippen LogP contribution in [0.4, 0.5) is 5.69 Å². The number of anilines is 1. The fraction of sp³-hybridized carbons (Fsp3) is 0.429. The second-order valence-corrected chi connectivity index (χ2v) is 4.87. The molecule has 0 aliphatic rings. The van der Waals surface area contributed by atoms with Crippen LogP contribution in [0.15, 0.2) is 12.3 Å². The van der Waals surface area contributed by atoms with Crippen molar-refractivity contribution < 1.29 is 14.3 Å². The number of carbonyl (C=O) groups excluding carboxylic acids is 2. The predicted molar refractivity (Wildman–Crippen MR) is 79.6 cm³/mol. The largest absolute Gasteiger partial charge is 0.464 e. The van der Waals surface area contributed by atoms with E-state index in [1.807, 2.05) is 26.8 Å². The van der Waals surface area contributed by atoms with Crippen LogP contribution in [0.5, 0.6) is 0 Å². The molecule has 0 unspecified atom stereocenters. The predicted octanol–water partition coefficient (Wildman–Crippen LogP) is 1.14. The summed E-state index contributed by atoms with van der Waals surface area (Å²) in [5, 5.41) is 11.0. The Morgan fingerprint density at radius 3 is 2.59 bits per heavy atom. The molecule has 0 bridgehead atoms. The fourth-order valence-electron chi connectivity index (χ4n) is 2.08. The summed E-state index contributed by atoms with van der Waals surface area (Å²) in [5.41, 5.74) is 2.16. The van der Waals surface area contributed by atoms with Crippen LogP contribution in [-0.4, -0.2) is 38.5 Å². The first-order valence-corrected chi connectivity index (χ1v) is 6.91. The molecule has 2 aromatic rings. The first-order valence-electron chi connectivity index (χ1n) is 6.91. The van der Waals surface area contributed by atoms with Crippen molar-refractivity contribution in [2.24, 2.45) is 0 Å². The summed E-state index contributed by atoms with van der Waals surface area (Å²) in [6, 6.07) is 1.89. The Morgan fingerprint density at radius 2 is 2.05 bits per heavy atom. The number of amides is 1. The molecule has 0 atom stereocenters. The Bertz CT molecular complexity index is 701. The Hall–Kier alpha value is -2.64. The Kier molecular flexibility index (Phi) is 4.59. The second-order valence-electron chi connectivity index (χ2n) is 4.87. The van der Waals surface area contributed by atoms with Gasteiger partial charge in [-0.05, 0) is 26.8 Å². The number of hydrogen-bond donors (Lipinski definition) is 1. The number of hydrogen-bond acceptors (Lipinski definition) is 5. The van der Waals surface area contributed by atoms with Gasteiger partial charge in [-0.2, -0.15) is 10.2 Å². The first kappa shape index (κ1) is 15.7. The minimum Gasteiger partial charge on any atom is -0.464 e. The van der Waals surface area contributed by atoms with Gasteiger partial charge in [-0.1, -0.05) is 0 Å². The zero-order chi connectivity index (χ0) is 16.3. The van der Waals surface area contributed by atoms with Gasteiger partial charge in [0.25, 0.3) is 0 Å². The fourth-order valence-corrected chi connectivity index (χ4v) is 2.08. The Balaban J connectivity index is 2.15. The average Bonchev–Trinajstić information content (AvgIpc) is 3.01. The molecule has 2 heterocycles. The molecule has 8 heteroatoms. The number of aryl methyl sites for hydroxylation is 3. The second kappa shape index (κ2) is 6.42. The summed E-state index contributed by atoms with van der Waals surface area (Å²) < 4.78 is 7.84. The van der Waals surface area contributed by atoms with Gasteiger partial charge >= 0.3 is 5.97 Å². The van der Waals surface area contributed by atoms with Gasteiger partial charge in [-0.25, -0.2) is 4.79 Å². The first-order chi connectivity index (χ1) is 10.4. The van der Waals surface area contributed by atoms with Crippen molar-refractivity contribution in [1.29, 1.82) is 0 Å². The lowest BCUT2D eigenvalue weighted by Crippen LogP contribution is -2.21. The van der Waals surface area contributed by atoms with Gasteiger partial charge in [-0.3, -0.25) is 14.2 Å². The molecule has 0 saturated carbocycles. The van der Waals surface area contributed by atoms with E-state index in [-0.39, 0.29) is 18.1 Å². The lowest BCUT2D eigenvalue weighted by atomic mass is 10.3. The molecule has 118 valence electrons. The Labute approximate surface area is 128 Å². The molecule has 0 aliphatic heterocycles. The molecule has 1 N–H and O–H groups in total. The smallest absolute Gasteiger partial charge is 0.360 e. The van der Waals surface area contributed by atoms with Crippen molar-refractivity contribution in [2.75, 3.05) is 12.4 Å². The number of nitrogens with one attached hydrogen (secondary N) is 1. The molecular weight excluding hydrogens is 286 g/mol. The molecule has 0 radical (unpaired) electrons. The summed E-state index contributed by atoms with van der Waals surface area (Å²) >= 11 is 0. The van der Waals surface area contributed by atoms with Gasteiger partial charge in [0.2, 0.25) is 5.91 Å². The maximum absolute atomic E-state index is 12.1. The zero-order valence-corrected chi connectivity index (χ0v) is 13.1. The number of methoxy groups -OCH3 is 1. The van der Waals surface area contributed by atoms with Crippen molar-refractivity contribution in [3.05, 3.63) is 29.3 Å². The third-order valence-electron chi connectivity index (χ3n) is 3.14. The number of carbonyl (C=O) groups is 2. The van der Waals surface area contributed by atoms with Gasteiger partial charge in [0.1, 0.15) is 6.54 Å². The van der Waals surface area contributed by atoms with E-state index >= 15 is 0 Å². The summed E-state index contributed by atoms with van der Waals surface area (Å²) in [7, 11) is 1.27. The SMILES string of the molecule is CCn1cc(NC(=O)Cn2nc(C)cc2C)c(C(=O)OC)n1. The van der Waals surface area contributed by atoms with E-state index < -0.39 is 5.97 Å². The Morgan fingerprint density at radius 1 is 1.32 bits per heavy atom. The van der Waals surface area contributed by atoms with Gasteiger partial charge in [-0.15, -0.1) is 0 Å².